The van der Waals surface area contributed by atoms with Crippen LogP contribution in [-0.2, 0) is 9.84 Å². The molecule has 2 heterocycles. The molecule has 8 nitrogen and oxygen atoms in total. The predicted molar refractivity (Wildman–Crippen MR) is 97.4 cm³/mol. The molecule has 1 aromatic heterocycles. The SMILES string of the molecule is Cc1nn([C@H]2CCS(=O)(=O)C2)c(Cl)c1/C=N\NC(=O)c1cccc(O)c1. The second kappa shape index (κ2) is 7.08. The second-order valence-corrected chi connectivity index (χ2v) is 8.63. The molecule has 1 aliphatic rings. The Morgan fingerprint density at radius 2 is 2.27 bits per heavy atom. The molecule has 1 saturated heterocycles. The van der Waals surface area contributed by atoms with Crippen LogP contribution in [0.25, 0.3) is 0 Å². The largest absolute Gasteiger partial charge is 0.508 e. The lowest BCUT2D eigenvalue weighted by atomic mass is 10.2. The fraction of sp³-hybridized carbons (Fsp3) is 0.312. The minimum absolute atomic E-state index is 0.0126. The third-order valence-corrected chi connectivity index (χ3v) is 6.22. The van der Waals surface area contributed by atoms with E-state index in [2.05, 4.69) is 15.6 Å². The predicted octanol–water partition coefficient (Wildman–Crippen LogP) is 1.67. The van der Waals surface area contributed by atoms with Crippen molar-refractivity contribution < 1.29 is 18.3 Å². The van der Waals surface area contributed by atoms with Crippen molar-refractivity contribution in [1.29, 1.82) is 0 Å². The lowest BCUT2D eigenvalue weighted by Gasteiger charge is -2.09. The maximum absolute atomic E-state index is 12.0. The van der Waals surface area contributed by atoms with E-state index in [1.807, 2.05) is 0 Å². The number of sulfone groups is 1. The highest BCUT2D eigenvalue weighted by Gasteiger charge is 2.31. The molecular formula is C16H17ClN4O4S. The van der Waals surface area contributed by atoms with Crippen LogP contribution in [0.15, 0.2) is 29.4 Å². The zero-order valence-electron chi connectivity index (χ0n) is 13.9. The summed E-state index contributed by atoms with van der Waals surface area (Å²) >= 11 is 6.32. The number of hydrogen-bond acceptors (Lipinski definition) is 6. The van der Waals surface area contributed by atoms with Crippen molar-refractivity contribution >= 4 is 33.6 Å². The Hall–Kier alpha value is -2.39. The van der Waals surface area contributed by atoms with Gasteiger partial charge >= 0.3 is 0 Å². The molecule has 2 N–H and O–H groups in total. The van der Waals surface area contributed by atoms with Gasteiger partial charge in [0.15, 0.2) is 9.84 Å². The first-order chi connectivity index (χ1) is 12.3. The highest BCUT2D eigenvalue weighted by atomic mass is 35.5. The molecule has 0 spiro atoms. The lowest BCUT2D eigenvalue weighted by molar-refractivity contribution is 0.0954. The molecule has 1 atom stereocenters. The molecule has 1 amide bonds. The molecule has 0 aliphatic carbocycles. The van der Waals surface area contributed by atoms with Crippen molar-refractivity contribution in [1.82, 2.24) is 15.2 Å². The van der Waals surface area contributed by atoms with Crippen LogP contribution < -0.4 is 5.43 Å². The zero-order chi connectivity index (χ0) is 18.9. The van der Waals surface area contributed by atoms with Gasteiger partial charge in [-0.1, -0.05) is 17.7 Å². The number of nitrogens with zero attached hydrogens (tertiary/aromatic N) is 3. The van der Waals surface area contributed by atoms with Crippen molar-refractivity contribution in [2.24, 2.45) is 5.10 Å². The summed E-state index contributed by atoms with van der Waals surface area (Å²) in [7, 11) is -3.06. The Balaban J connectivity index is 1.74. The first-order valence-corrected chi connectivity index (χ1v) is 10.0. The Kier molecular flexibility index (Phi) is 5.01. The van der Waals surface area contributed by atoms with Gasteiger partial charge in [0.2, 0.25) is 0 Å². The summed E-state index contributed by atoms with van der Waals surface area (Å²) in [5.74, 6) is -0.372. The van der Waals surface area contributed by atoms with E-state index in [-0.39, 0.29) is 34.0 Å². The van der Waals surface area contributed by atoms with Gasteiger partial charge in [-0.05, 0) is 31.5 Å². The van der Waals surface area contributed by atoms with Crippen molar-refractivity contribution in [2.75, 3.05) is 11.5 Å². The molecule has 0 saturated carbocycles. The van der Waals surface area contributed by atoms with Crippen LogP contribution in [0, 0.1) is 6.92 Å². The average Bonchev–Trinajstić information content (AvgIpc) is 3.07. The molecule has 2 aromatic rings. The monoisotopic (exact) mass is 396 g/mol. The molecular weight excluding hydrogens is 380 g/mol. The highest BCUT2D eigenvalue weighted by Crippen LogP contribution is 2.29. The summed E-state index contributed by atoms with van der Waals surface area (Å²) in [6, 6.07) is 5.58. The first kappa shape index (κ1) is 18.4. The number of halogens is 1. The van der Waals surface area contributed by atoms with Gasteiger partial charge in [0.05, 0.1) is 35.0 Å². The Labute approximate surface area is 155 Å². The summed E-state index contributed by atoms with van der Waals surface area (Å²) in [4.78, 5) is 12.0. The molecule has 0 unspecified atom stereocenters. The highest BCUT2D eigenvalue weighted by molar-refractivity contribution is 7.91. The van der Waals surface area contributed by atoms with E-state index in [0.717, 1.165) is 0 Å². The van der Waals surface area contributed by atoms with E-state index >= 15 is 0 Å². The van der Waals surface area contributed by atoms with E-state index in [0.29, 0.717) is 17.7 Å². The number of amides is 1. The molecule has 26 heavy (non-hydrogen) atoms. The van der Waals surface area contributed by atoms with E-state index in [9.17, 15) is 18.3 Å². The standard InChI is InChI=1S/C16H17ClN4O4S/c1-10-14(8-18-19-16(23)11-3-2-4-13(22)7-11)15(17)21(20-10)12-5-6-26(24,25)9-12/h2-4,7-8,12,22H,5-6,9H2,1H3,(H,19,23)/b18-8-/t12-/m0/s1. The molecule has 1 aliphatic heterocycles. The molecule has 1 fully saturated rings. The minimum atomic E-state index is -3.06. The van der Waals surface area contributed by atoms with E-state index in [4.69, 9.17) is 11.6 Å². The Bertz CT molecular complexity index is 984. The number of aromatic hydroxyl groups is 1. The van der Waals surface area contributed by atoms with Gasteiger partial charge in [-0.15, -0.1) is 0 Å². The van der Waals surface area contributed by atoms with Gasteiger partial charge in [-0.3, -0.25) is 4.79 Å². The average molecular weight is 397 g/mol. The molecule has 10 heteroatoms. The number of phenols is 1. The van der Waals surface area contributed by atoms with Crippen LogP contribution in [0.1, 0.15) is 34.1 Å². The van der Waals surface area contributed by atoms with Gasteiger partial charge in [-0.2, -0.15) is 10.2 Å². The topological polar surface area (TPSA) is 114 Å². The fourth-order valence-electron chi connectivity index (χ4n) is 2.76. The van der Waals surface area contributed by atoms with Gasteiger partial charge in [0, 0.05) is 5.56 Å². The molecule has 0 radical (unpaired) electrons. The third kappa shape index (κ3) is 3.88. The minimum Gasteiger partial charge on any atom is -0.508 e. The van der Waals surface area contributed by atoms with Crippen molar-refractivity contribution in [2.45, 2.75) is 19.4 Å². The normalized spacial score (nSPS) is 19.1. The first-order valence-electron chi connectivity index (χ1n) is 7.84. The molecule has 138 valence electrons. The van der Waals surface area contributed by atoms with Gasteiger partial charge in [0.1, 0.15) is 10.9 Å². The van der Waals surface area contributed by atoms with Crippen LogP contribution in [0.3, 0.4) is 0 Å². The van der Waals surface area contributed by atoms with Crippen molar-refractivity contribution in [3.8, 4) is 5.75 Å². The summed E-state index contributed by atoms with van der Waals surface area (Å²) < 4.78 is 24.8. The fourth-order valence-corrected chi connectivity index (χ4v) is 4.81. The van der Waals surface area contributed by atoms with Crippen LogP contribution in [-0.4, -0.2) is 46.9 Å². The van der Waals surface area contributed by atoms with Gasteiger partial charge in [-0.25, -0.2) is 18.5 Å². The number of hydrogen-bond donors (Lipinski definition) is 2. The third-order valence-electron chi connectivity index (χ3n) is 4.09. The van der Waals surface area contributed by atoms with Crippen molar-refractivity contribution in [3.63, 3.8) is 0 Å². The Morgan fingerprint density at radius 3 is 2.92 bits per heavy atom. The van der Waals surface area contributed by atoms with Crippen LogP contribution in [0.4, 0.5) is 0 Å². The summed E-state index contributed by atoms with van der Waals surface area (Å²) in [5, 5.41) is 17.9. The van der Waals surface area contributed by atoms with E-state index in [1.165, 1.54) is 23.0 Å². The quantitative estimate of drug-likeness (QED) is 0.602. The number of hydrazone groups is 1. The van der Waals surface area contributed by atoms with E-state index < -0.39 is 15.7 Å². The number of benzene rings is 1. The lowest BCUT2D eigenvalue weighted by Crippen LogP contribution is -2.17. The number of aryl methyl sites for hydroxylation is 1. The summed E-state index contributed by atoms with van der Waals surface area (Å²) in [6.07, 6.45) is 1.83. The number of nitrogens with one attached hydrogen (secondary N) is 1. The van der Waals surface area contributed by atoms with Crippen molar-refractivity contribution in [3.05, 3.63) is 46.2 Å². The Morgan fingerprint density at radius 1 is 1.50 bits per heavy atom. The number of carbonyl (C=O) groups is 1. The maximum Gasteiger partial charge on any atom is 0.271 e. The van der Waals surface area contributed by atoms with Crippen LogP contribution >= 0.6 is 11.6 Å². The zero-order valence-corrected chi connectivity index (χ0v) is 15.5. The number of aromatic nitrogens is 2. The van der Waals surface area contributed by atoms with Gasteiger partial charge in [0.25, 0.3) is 5.91 Å². The van der Waals surface area contributed by atoms with Crippen LogP contribution in [0.2, 0.25) is 5.15 Å². The smallest absolute Gasteiger partial charge is 0.271 e. The number of phenolic OH excluding ortho intramolecular Hbond substituents is 1. The second-order valence-electron chi connectivity index (χ2n) is 6.04. The van der Waals surface area contributed by atoms with E-state index in [1.54, 1.807) is 19.1 Å². The molecule has 3 rings (SSSR count). The molecule has 1 aromatic carbocycles. The summed E-state index contributed by atoms with van der Waals surface area (Å²) in [5.41, 5.74) is 3.69. The maximum atomic E-state index is 12.0. The summed E-state index contributed by atoms with van der Waals surface area (Å²) in [6.45, 7) is 1.73. The van der Waals surface area contributed by atoms with Gasteiger partial charge < -0.3 is 5.11 Å². The molecule has 0 bridgehead atoms. The number of rotatable bonds is 4. The van der Waals surface area contributed by atoms with Crippen LogP contribution in [0.5, 0.6) is 5.75 Å². The number of carbonyl (C=O) groups excluding carboxylic acids is 1.